The molecule has 3 rings (SSSR count). The van der Waals surface area contributed by atoms with E-state index in [4.69, 9.17) is 0 Å². The van der Waals surface area contributed by atoms with Crippen LogP contribution in [-0.2, 0) is 0 Å². The molecule has 0 aliphatic carbocycles. The van der Waals surface area contributed by atoms with Gasteiger partial charge in [-0.3, -0.25) is 4.57 Å². The van der Waals surface area contributed by atoms with E-state index in [0.29, 0.717) is 0 Å². The van der Waals surface area contributed by atoms with Crippen LogP contribution in [0.25, 0.3) is 17.1 Å². The van der Waals surface area contributed by atoms with E-state index in [2.05, 4.69) is 46.6 Å². The fourth-order valence-corrected chi connectivity index (χ4v) is 2.58. The van der Waals surface area contributed by atoms with Gasteiger partial charge in [0, 0.05) is 20.2 Å². The van der Waals surface area contributed by atoms with E-state index >= 15 is 0 Å². The van der Waals surface area contributed by atoms with Crippen LogP contribution in [0.5, 0.6) is 0 Å². The van der Waals surface area contributed by atoms with Crippen molar-refractivity contribution < 1.29 is 0 Å². The Kier molecular flexibility index (Phi) is 3.72. The van der Waals surface area contributed by atoms with Gasteiger partial charge in [0.25, 0.3) is 0 Å². The van der Waals surface area contributed by atoms with Crippen molar-refractivity contribution in [3.05, 3.63) is 63.3 Å². The van der Waals surface area contributed by atoms with Gasteiger partial charge in [-0.1, -0.05) is 44.0 Å². The molecule has 1 aromatic heterocycles. The van der Waals surface area contributed by atoms with Crippen LogP contribution in [0.15, 0.2) is 57.5 Å². The lowest BCUT2D eigenvalue weighted by atomic mass is 10.2. The summed E-state index contributed by atoms with van der Waals surface area (Å²) in [5.74, 6) is 1.71. The molecule has 0 unspecified atom stereocenters. The highest BCUT2D eigenvalue weighted by molar-refractivity contribution is 9.10. The van der Waals surface area contributed by atoms with Gasteiger partial charge in [0.1, 0.15) is 5.82 Å². The number of aryl methyl sites for hydroxylation is 1. The van der Waals surface area contributed by atoms with Crippen LogP contribution in [0.1, 0.15) is 5.82 Å². The normalized spacial score (nSPS) is 10.8. The van der Waals surface area contributed by atoms with E-state index in [1.165, 1.54) is 0 Å². The Labute approximate surface area is 133 Å². The number of hydrogen-bond donors (Lipinski definition) is 0. The molecular weight excluding hydrogens is 382 g/mol. The van der Waals surface area contributed by atoms with Gasteiger partial charge in [0.2, 0.25) is 0 Å². The summed E-state index contributed by atoms with van der Waals surface area (Å²) in [5.41, 5.74) is 2.09. The summed E-state index contributed by atoms with van der Waals surface area (Å²) in [4.78, 5) is 0. The zero-order valence-electron chi connectivity index (χ0n) is 10.7. The predicted octanol–water partition coefficient (Wildman–Crippen LogP) is 4.77. The first-order chi connectivity index (χ1) is 9.65. The smallest absolute Gasteiger partial charge is 0.168 e. The van der Waals surface area contributed by atoms with Gasteiger partial charge in [-0.25, -0.2) is 0 Å². The molecule has 100 valence electrons. The van der Waals surface area contributed by atoms with Crippen LogP contribution in [0, 0.1) is 6.92 Å². The van der Waals surface area contributed by atoms with Gasteiger partial charge in [-0.2, -0.15) is 0 Å². The van der Waals surface area contributed by atoms with E-state index in [1.54, 1.807) is 0 Å². The minimum Gasteiger partial charge on any atom is -0.279 e. The molecule has 0 saturated carbocycles. The summed E-state index contributed by atoms with van der Waals surface area (Å²) in [5, 5.41) is 8.50. The first kappa shape index (κ1) is 13.5. The number of rotatable bonds is 2. The molecule has 0 aliphatic heterocycles. The van der Waals surface area contributed by atoms with E-state index in [9.17, 15) is 0 Å². The summed E-state index contributed by atoms with van der Waals surface area (Å²) >= 11 is 6.90. The zero-order chi connectivity index (χ0) is 14.1. The zero-order valence-corrected chi connectivity index (χ0v) is 13.9. The van der Waals surface area contributed by atoms with E-state index in [1.807, 2.05) is 55.5 Å². The summed E-state index contributed by atoms with van der Waals surface area (Å²) in [6.45, 7) is 1.96. The number of nitrogens with zero attached hydrogens (tertiary/aromatic N) is 3. The predicted molar refractivity (Wildman–Crippen MR) is 86.9 cm³/mol. The lowest BCUT2D eigenvalue weighted by Gasteiger charge is -2.09. The van der Waals surface area contributed by atoms with Gasteiger partial charge >= 0.3 is 0 Å². The maximum Gasteiger partial charge on any atom is 0.168 e. The Morgan fingerprint density at radius 2 is 1.35 bits per heavy atom. The van der Waals surface area contributed by atoms with Crippen molar-refractivity contribution >= 4 is 31.9 Å². The largest absolute Gasteiger partial charge is 0.279 e. The average Bonchev–Trinajstić information content (AvgIpc) is 2.83. The lowest BCUT2D eigenvalue weighted by molar-refractivity contribution is 0.971. The van der Waals surface area contributed by atoms with E-state index < -0.39 is 0 Å². The molecule has 3 aromatic rings. The van der Waals surface area contributed by atoms with Gasteiger partial charge in [0.05, 0.1) is 0 Å². The molecule has 2 aromatic carbocycles. The molecule has 0 fully saturated rings. The van der Waals surface area contributed by atoms with Crippen LogP contribution < -0.4 is 0 Å². The molecule has 0 saturated heterocycles. The van der Waals surface area contributed by atoms with Crippen molar-refractivity contribution in [1.29, 1.82) is 0 Å². The summed E-state index contributed by atoms with van der Waals surface area (Å²) < 4.78 is 4.15. The minimum atomic E-state index is 0.845. The van der Waals surface area contributed by atoms with Crippen LogP contribution in [0.4, 0.5) is 0 Å². The Morgan fingerprint density at radius 1 is 0.800 bits per heavy atom. The minimum absolute atomic E-state index is 0.845. The molecule has 5 heteroatoms. The van der Waals surface area contributed by atoms with Crippen molar-refractivity contribution in [3.8, 4) is 17.1 Å². The highest BCUT2D eigenvalue weighted by Gasteiger charge is 2.12. The summed E-state index contributed by atoms with van der Waals surface area (Å²) in [7, 11) is 0. The SMILES string of the molecule is Cc1nnc(-c2ccc(Br)cc2)n1-c1ccc(Br)cc1. The third-order valence-electron chi connectivity index (χ3n) is 3.01. The third-order valence-corrected chi connectivity index (χ3v) is 4.07. The van der Waals surface area contributed by atoms with Crippen LogP contribution >= 0.6 is 31.9 Å². The first-order valence-electron chi connectivity index (χ1n) is 6.09. The number of hydrogen-bond acceptors (Lipinski definition) is 2. The molecule has 3 nitrogen and oxygen atoms in total. The van der Waals surface area contributed by atoms with Crippen molar-refractivity contribution in [3.63, 3.8) is 0 Å². The second-order valence-corrected chi connectivity index (χ2v) is 6.22. The summed E-state index contributed by atoms with van der Waals surface area (Å²) in [6.07, 6.45) is 0. The number of benzene rings is 2. The topological polar surface area (TPSA) is 30.7 Å². The van der Waals surface area contributed by atoms with Crippen molar-refractivity contribution in [2.45, 2.75) is 6.92 Å². The molecule has 0 aliphatic rings. The monoisotopic (exact) mass is 391 g/mol. The van der Waals surface area contributed by atoms with Crippen molar-refractivity contribution in [2.24, 2.45) is 0 Å². The number of halogens is 2. The van der Waals surface area contributed by atoms with Gasteiger partial charge < -0.3 is 0 Å². The van der Waals surface area contributed by atoms with Crippen LogP contribution in [0.2, 0.25) is 0 Å². The molecule has 0 bridgehead atoms. The average molecular weight is 393 g/mol. The standard InChI is InChI=1S/C15H11Br2N3/c1-10-18-19-15(11-2-4-12(16)5-3-11)20(10)14-8-6-13(17)7-9-14/h2-9H,1H3. The van der Waals surface area contributed by atoms with Crippen LogP contribution in [-0.4, -0.2) is 14.8 Å². The van der Waals surface area contributed by atoms with Gasteiger partial charge in [-0.15, -0.1) is 10.2 Å². The molecular formula is C15H11Br2N3. The van der Waals surface area contributed by atoms with Crippen molar-refractivity contribution in [2.75, 3.05) is 0 Å². The molecule has 0 amide bonds. The molecule has 0 atom stereocenters. The first-order valence-corrected chi connectivity index (χ1v) is 7.67. The number of aromatic nitrogens is 3. The highest BCUT2D eigenvalue weighted by Crippen LogP contribution is 2.25. The lowest BCUT2D eigenvalue weighted by Crippen LogP contribution is -1.99. The Morgan fingerprint density at radius 3 is 1.95 bits per heavy atom. The molecule has 1 heterocycles. The van der Waals surface area contributed by atoms with Crippen LogP contribution in [0.3, 0.4) is 0 Å². The molecule has 0 radical (unpaired) electrons. The Hall–Kier alpha value is -1.46. The Balaban J connectivity index is 2.14. The third kappa shape index (κ3) is 2.55. The van der Waals surface area contributed by atoms with Crippen molar-refractivity contribution in [1.82, 2.24) is 14.8 Å². The Bertz CT molecular complexity index is 731. The second-order valence-electron chi connectivity index (χ2n) is 4.39. The molecule has 0 N–H and O–H groups in total. The fourth-order valence-electron chi connectivity index (χ4n) is 2.05. The van der Waals surface area contributed by atoms with E-state index in [-0.39, 0.29) is 0 Å². The quantitative estimate of drug-likeness (QED) is 0.628. The van der Waals surface area contributed by atoms with E-state index in [0.717, 1.165) is 31.8 Å². The van der Waals surface area contributed by atoms with Gasteiger partial charge in [-0.05, 0) is 43.3 Å². The molecule has 20 heavy (non-hydrogen) atoms. The highest BCUT2D eigenvalue weighted by atomic mass is 79.9. The maximum atomic E-state index is 4.30. The molecule has 0 spiro atoms. The fraction of sp³-hybridized carbons (Fsp3) is 0.0667. The second kappa shape index (κ2) is 5.50. The van der Waals surface area contributed by atoms with Gasteiger partial charge in [0.15, 0.2) is 5.82 Å². The maximum absolute atomic E-state index is 4.30. The summed E-state index contributed by atoms with van der Waals surface area (Å²) in [6, 6.07) is 16.2.